The first kappa shape index (κ1) is 11.1. The molecule has 0 aromatic heterocycles. The molecule has 0 saturated heterocycles. The van der Waals surface area contributed by atoms with Crippen molar-refractivity contribution in [3.8, 4) is 0 Å². The predicted molar refractivity (Wildman–Crippen MR) is 55.1 cm³/mol. The smallest absolute Gasteiger partial charge is 0.151 e. The molecule has 1 aromatic rings. The lowest BCUT2D eigenvalue weighted by atomic mass is 10.1. The third kappa shape index (κ3) is 2.52. The van der Waals surface area contributed by atoms with Crippen molar-refractivity contribution in [3.63, 3.8) is 0 Å². The summed E-state index contributed by atoms with van der Waals surface area (Å²) in [7, 11) is -1.40. The van der Waals surface area contributed by atoms with E-state index >= 15 is 0 Å². The van der Waals surface area contributed by atoms with Crippen molar-refractivity contribution >= 4 is 16.3 Å². The van der Waals surface area contributed by atoms with Crippen molar-refractivity contribution < 1.29 is 8.60 Å². The first-order valence-electron chi connectivity index (χ1n) is 4.11. The number of halogens is 1. The van der Waals surface area contributed by atoms with Gasteiger partial charge in [0.2, 0.25) is 0 Å². The molecule has 0 amide bonds. The summed E-state index contributed by atoms with van der Waals surface area (Å²) < 4.78 is 28.0. The van der Waals surface area contributed by atoms with E-state index in [0.29, 0.717) is 5.56 Å². The van der Waals surface area contributed by atoms with Crippen molar-refractivity contribution in [1.82, 2.24) is 0 Å². The Kier molecular flexibility index (Phi) is 3.60. The SMILES string of the molecule is C[C@@H](N)c1cccc(N=[S-](C)=O)c1F. The van der Waals surface area contributed by atoms with Crippen LogP contribution >= 0.6 is 0 Å². The minimum Gasteiger partial charge on any atom is -0.444 e. The van der Waals surface area contributed by atoms with Gasteiger partial charge in [0.1, 0.15) is 0 Å². The minimum absolute atomic E-state index is 0.0978. The average molecular weight is 215 g/mol. The predicted octanol–water partition coefficient (Wildman–Crippen LogP) is 2.25. The molecular formula is C9H12FN2OS-. The van der Waals surface area contributed by atoms with E-state index < -0.39 is 22.5 Å². The Labute approximate surface area is 84.3 Å². The molecular weight excluding hydrogens is 203 g/mol. The van der Waals surface area contributed by atoms with Gasteiger partial charge >= 0.3 is 0 Å². The van der Waals surface area contributed by atoms with Crippen LogP contribution in [0, 0.1) is 5.82 Å². The van der Waals surface area contributed by atoms with Gasteiger partial charge in [-0.1, -0.05) is 12.1 Å². The van der Waals surface area contributed by atoms with Gasteiger partial charge in [-0.15, -0.1) is 6.26 Å². The molecule has 1 rings (SSSR count). The highest BCUT2D eigenvalue weighted by atomic mass is 32.2. The zero-order valence-corrected chi connectivity index (χ0v) is 8.84. The Balaban J connectivity index is 3.28. The summed E-state index contributed by atoms with van der Waals surface area (Å²) in [4.78, 5) is 0. The number of benzene rings is 1. The van der Waals surface area contributed by atoms with E-state index in [4.69, 9.17) is 5.73 Å². The molecule has 0 spiro atoms. The van der Waals surface area contributed by atoms with Crippen LogP contribution in [0.5, 0.6) is 0 Å². The second kappa shape index (κ2) is 4.52. The van der Waals surface area contributed by atoms with Crippen LogP contribution in [-0.4, -0.2) is 6.26 Å². The lowest BCUT2D eigenvalue weighted by Crippen LogP contribution is -2.07. The zero-order valence-electron chi connectivity index (χ0n) is 8.03. The summed E-state index contributed by atoms with van der Waals surface area (Å²) in [6, 6.07) is 4.32. The van der Waals surface area contributed by atoms with Crippen molar-refractivity contribution in [1.29, 1.82) is 0 Å². The number of hydrogen-bond acceptors (Lipinski definition) is 4. The van der Waals surface area contributed by atoms with Crippen LogP contribution in [0.25, 0.3) is 0 Å². The van der Waals surface area contributed by atoms with E-state index in [9.17, 15) is 8.60 Å². The maximum Gasteiger partial charge on any atom is 0.151 e. The van der Waals surface area contributed by atoms with E-state index in [1.54, 1.807) is 19.1 Å². The summed E-state index contributed by atoms with van der Waals surface area (Å²) >= 11 is 0. The highest BCUT2D eigenvalue weighted by Crippen LogP contribution is 2.24. The molecule has 0 unspecified atom stereocenters. The van der Waals surface area contributed by atoms with E-state index in [-0.39, 0.29) is 5.69 Å². The number of rotatable bonds is 2. The highest BCUT2D eigenvalue weighted by Gasteiger charge is 2.08. The van der Waals surface area contributed by atoms with Crippen LogP contribution in [-0.2, 0) is 14.8 Å². The summed E-state index contributed by atoms with van der Waals surface area (Å²) in [5, 5.41) is 0. The third-order valence-corrected chi connectivity index (χ3v) is 2.18. The Morgan fingerprint density at radius 3 is 2.71 bits per heavy atom. The Bertz CT molecular complexity index is 411. The van der Waals surface area contributed by atoms with Crippen LogP contribution in [0.1, 0.15) is 18.5 Å². The van der Waals surface area contributed by atoms with Crippen LogP contribution < -0.4 is 5.73 Å². The molecule has 5 heteroatoms. The van der Waals surface area contributed by atoms with Gasteiger partial charge < -0.3 is 14.3 Å². The molecule has 0 bridgehead atoms. The first-order chi connectivity index (χ1) is 6.52. The van der Waals surface area contributed by atoms with Gasteiger partial charge in [-0.2, -0.15) is 10.6 Å². The molecule has 3 nitrogen and oxygen atoms in total. The van der Waals surface area contributed by atoms with E-state index in [0.717, 1.165) is 0 Å². The van der Waals surface area contributed by atoms with Gasteiger partial charge in [-0.05, 0) is 13.0 Å². The molecule has 0 aliphatic carbocycles. The topological polar surface area (TPSA) is 55.4 Å². The van der Waals surface area contributed by atoms with Crippen LogP contribution in [0.3, 0.4) is 0 Å². The van der Waals surface area contributed by atoms with E-state index in [2.05, 4.69) is 4.36 Å². The molecule has 0 radical (unpaired) electrons. The second-order valence-electron chi connectivity index (χ2n) is 2.98. The van der Waals surface area contributed by atoms with Crippen molar-refractivity contribution in [2.45, 2.75) is 13.0 Å². The first-order valence-corrected chi connectivity index (χ1v) is 5.63. The Hall–Kier alpha value is -0.940. The molecule has 0 saturated carbocycles. The Morgan fingerprint density at radius 1 is 1.57 bits per heavy atom. The number of nitrogens with two attached hydrogens (primary N) is 1. The second-order valence-corrected chi connectivity index (χ2v) is 4.01. The van der Waals surface area contributed by atoms with E-state index in [1.165, 1.54) is 12.3 Å². The average Bonchev–Trinajstić information content (AvgIpc) is 2.07. The monoisotopic (exact) mass is 215 g/mol. The van der Waals surface area contributed by atoms with Gasteiger partial charge in [0.15, 0.2) is 5.82 Å². The zero-order chi connectivity index (χ0) is 10.7. The standard InChI is InChI=1S/C9H12FN2OS/c1-6(11)7-4-3-5-8(9(7)10)12-14(2)13/h3-6H,11H2,1-2H3/q-1/t6-/m1/s1. The normalized spacial score (nSPS) is 15.4. The maximum atomic E-state index is 13.6. The van der Waals surface area contributed by atoms with Gasteiger partial charge in [0.05, 0.1) is 5.69 Å². The summed E-state index contributed by atoms with van der Waals surface area (Å²) in [6.07, 6.45) is 1.39. The fourth-order valence-corrected chi connectivity index (χ4v) is 1.52. The van der Waals surface area contributed by atoms with Gasteiger partial charge in [-0.3, -0.25) is 0 Å². The van der Waals surface area contributed by atoms with Crippen molar-refractivity contribution in [2.24, 2.45) is 10.1 Å². The largest absolute Gasteiger partial charge is 0.444 e. The molecule has 0 fully saturated rings. The molecule has 0 aliphatic heterocycles. The van der Waals surface area contributed by atoms with Crippen molar-refractivity contribution in [2.75, 3.05) is 6.26 Å². The molecule has 14 heavy (non-hydrogen) atoms. The fourth-order valence-electron chi connectivity index (χ4n) is 1.10. The Morgan fingerprint density at radius 2 is 2.21 bits per heavy atom. The maximum absolute atomic E-state index is 13.6. The molecule has 0 aliphatic rings. The lowest BCUT2D eigenvalue weighted by Gasteiger charge is -2.09. The van der Waals surface area contributed by atoms with Gasteiger partial charge in [-0.25, -0.2) is 4.39 Å². The van der Waals surface area contributed by atoms with Crippen molar-refractivity contribution in [3.05, 3.63) is 29.6 Å². The summed E-state index contributed by atoms with van der Waals surface area (Å²) in [5.41, 5.74) is 6.04. The molecule has 2 N–H and O–H groups in total. The molecule has 0 heterocycles. The van der Waals surface area contributed by atoms with Crippen LogP contribution in [0.15, 0.2) is 22.6 Å². The minimum atomic E-state index is -1.40. The van der Waals surface area contributed by atoms with Crippen LogP contribution in [0.2, 0.25) is 0 Å². The molecule has 1 atom stereocenters. The summed E-state index contributed by atoms with van der Waals surface area (Å²) in [6.45, 7) is 1.69. The summed E-state index contributed by atoms with van der Waals surface area (Å²) in [5.74, 6) is -0.488. The van der Waals surface area contributed by atoms with Crippen LogP contribution in [0.4, 0.5) is 10.1 Å². The number of hydrogen-bond donors (Lipinski definition) is 1. The molecule has 1 aromatic carbocycles. The van der Waals surface area contributed by atoms with Gasteiger partial charge in [0, 0.05) is 11.6 Å². The lowest BCUT2D eigenvalue weighted by molar-refractivity contribution is 0.592. The highest BCUT2D eigenvalue weighted by molar-refractivity contribution is 7.74. The quantitative estimate of drug-likeness (QED) is 0.769. The van der Waals surface area contributed by atoms with E-state index in [1.807, 2.05) is 0 Å². The fraction of sp³-hybridized carbons (Fsp3) is 0.333. The third-order valence-electron chi connectivity index (χ3n) is 1.73. The molecule has 78 valence electrons. The van der Waals surface area contributed by atoms with Gasteiger partial charge in [0.25, 0.3) is 0 Å². The number of nitrogens with zero attached hydrogens (tertiary/aromatic N) is 1.